The Morgan fingerprint density at radius 1 is 1.44 bits per heavy atom. The van der Waals surface area contributed by atoms with Gasteiger partial charge in [0.15, 0.2) is 5.78 Å². The molecule has 0 aromatic heterocycles. The molecule has 0 amide bonds. The Kier molecular flexibility index (Phi) is 4.51. The highest BCUT2D eigenvalue weighted by atomic mass is 16.3. The van der Waals surface area contributed by atoms with E-state index >= 15 is 0 Å². The summed E-state index contributed by atoms with van der Waals surface area (Å²) in [4.78, 5) is 11.1. The molecule has 0 unspecified atom stereocenters. The van der Waals surface area contributed by atoms with Crippen LogP contribution in [0.4, 0.5) is 0 Å². The fourth-order valence-corrected chi connectivity index (χ4v) is 3.28. The van der Waals surface area contributed by atoms with E-state index in [9.17, 15) is 9.90 Å². The summed E-state index contributed by atoms with van der Waals surface area (Å²) in [5.74, 6) is 0.839. The zero-order chi connectivity index (χ0) is 12.3. The average Bonchev–Trinajstić information content (AvgIpc) is 2.14. The number of hydrogen-bond donors (Lipinski definition) is 2. The summed E-state index contributed by atoms with van der Waals surface area (Å²) in [6.45, 7) is 6.14. The molecule has 0 bridgehead atoms. The third-order valence-corrected chi connectivity index (χ3v) is 4.01. The van der Waals surface area contributed by atoms with Crippen molar-refractivity contribution in [2.45, 2.75) is 52.6 Å². The predicted octanol–water partition coefficient (Wildman–Crippen LogP) is 1.76. The van der Waals surface area contributed by atoms with E-state index in [0.29, 0.717) is 18.3 Å². The number of aliphatic hydroxyl groups is 2. The van der Waals surface area contributed by atoms with Crippen molar-refractivity contribution in [1.29, 1.82) is 0 Å². The number of carbonyl (C=O) groups excluding carboxylic acids is 1. The smallest absolute Gasteiger partial charge is 0.158 e. The van der Waals surface area contributed by atoms with Crippen molar-refractivity contribution < 1.29 is 15.0 Å². The number of Topliss-reactive ketones (excluding diaryl/α,β-unsaturated/α-hetero) is 1. The van der Waals surface area contributed by atoms with Crippen molar-refractivity contribution in [2.24, 2.45) is 17.3 Å². The maximum absolute atomic E-state index is 11.1. The number of aliphatic hydroxyl groups excluding tert-OH is 2. The number of rotatable bonds is 4. The highest BCUT2D eigenvalue weighted by Crippen LogP contribution is 2.46. The minimum absolute atomic E-state index is 0.0749. The first kappa shape index (κ1) is 13.7. The SMILES string of the molecule is C[C@@H]1C[C@H](O)CC(C)(C)[C@H]1CCC(=O)CO. The molecule has 1 saturated carbocycles. The van der Waals surface area contributed by atoms with E-state index in [1.807, 2.05) is 0 Å². The molecule has 3 heteroatoms. The summed E-state index contributed by atoms with van der Waals surface area (Å²) in [5, 5.41) is 18.5. The van der Waals surface area contributed by atoms with Crippen LogP contribution in [0.1, 0.15) is 46.5 Å². The Morgan fingerprint density at radius 3 is 2.56 bits per heavy atom. The molecular formula is C13H24O3. The predicted molar refractivity (Wildman–Crippen MR) is 63.0 cm³/mol. The molecule has 1 fully saturated rings. The molecule has 1 aliphatic rings. The van der Waals surface area contributed by atoms with Gasteiger partial charge in [-0.15, -0.1) is 0 Å². The van der Waals surface area contributed by atoms with Gasteiger partial charge in [0.25, 0.3) is 0 Å². The molecule has 0 spiro atoms. The molecule has 1 rings (SSSR count). The van der Waals surface area contributed by atoms with Crippen molar-refractivity contribution in [2.75, 3.05) is 6.61 Å². The lowest BCUT2D eigenvalue weighted by Crippen LogP contribution is -2.40. The first-order valence-electron chi connectivity index (χ1n) is 6.17. The largest absolute Gasteiger partial charge is 0.393 e. The zero-order valence-electron chi connectivity index (χ0n) is 10.6. The van der Waals surface area contributed by atoms with E-state index in [1.165, 1.54) is 0 Å². The Balaban J connectivity index is 2.58. The lowest BCUT2D eigenvalue weighted by Gasteiger charge is -2.45. The van der Waals surface area contributed by atoms with Gasteiger partial charge in [-0.2, -0.15) is 0 Å². The third-order valence-electron chi connectivity index (χ3n) is 4.01. The van der Waals surface area contributed by atoms with Crippen LogP contribution in [-0.4, -0.2) is 28.7 Å². The maximum atomic E-state index is 11.1. The van der Waals surface area contributed by atoms with Crippen molar-refractivity contribution in [3.63, 3.8) is 0 Å². The minimum Gasteiger partial charge on any atom is -0.393 e. The Hall–Kier alpha value is -0.410. The van der Waals surface area contributed by atoms with Gasteiger partial charge < -0.3 is 10.2 Å². The van der Waals surface area contributed by atoms with Crippen LogP contribution in [0.5, 0.6) is 0 Å². The Bertz CT molecular complexity index is 248. The van der Waals surface area contributed by atoms with Gasteiger partial charge in [-0.05, 0) is 36.5 Å². The Labute approximate surface area is 97.9 Å². The molecule has 2 N–H and O–H groups in total. The summed E-state index contributed by atoms with van der Waals surface area (Å²) < 4.78 is 0. The van der Waals surface area contributed by atoms with Crippen LogP contribution < -0.4 is 0 Å². The zero-order valence-corrected chi connectivity index (χ0v) is 10.6. The van der Waals surface area contributed by atoms with Gasteiger partial charge in [-0.3, -0.25) is 4.79 Å². The number of ketones is 1. The van der Waals surface area contributed by atoms with Crippen molar-refractivity contribution >= 4 is 5.78 Å². The number of carbonyl (C=O) groups is 1. The summed E-state index contributed by atoms with van der Waals surface area (Å²) in [6.07, 6.45) is 2.75. The van der Waals surface area contributed by atoms with Crippen molar-refractivity contribution in [1.82, 2.24) is 0 Å². The van der Waals surface area contributed by atoms with Crippen LogP contribution in [0.2, 0.25) is 0 Å². The van der Waals surface area contributed by atoms with Gasteiger partial charge in [0.1, 0.15) is 6.61 Å². The van der Waals surface area contributed by atoms with E-state index in [4.69, 9.17) is 5.11 Å². The molecule has 0 saturated heterocycles. The molecule has 0 aromatic rings. The molecule has 0 aromatic carbocycles. The second-order valence-corrected chi connectivity index (χ2v) is 5.90. The van der Waals surface area contributed by atoms with Crippen LogP contribution >= 0.6 is 0 Å². The van der Waals surface area contributed by atoms with E-state index in [-0.39, 0.29) is 23.9 Å². The first-order chi connectivity index (χ1) is 7.36. The maximum Gasteiger partial charge on any atom is 0.158 e. The lowest BCUT2D eigenvalue weighted by atomic mass is 9.62. The molecule has 1 aliphatic carbocycles. The molecule has 0 aliphatic heterocycles. The van der Waals surface area contributed by atoms with Gasteiger partial charge in [0.2, 0.25) is 0 Å². The van der Waals surface area contributed by atoms with E-state index in [2.05, 4.69) is 20.8 Å². The van der Waals surface area contributed by atoms with Crippen molar-refractivity contribution in [3.05, 3.63) is 0 Å². The first-order valence-corrected chi connectivity index (χ1v) is 6.17. The molecule has 16 heavy (non-hydrogen) atoms. The topological polar surface area (TPSA) is 57.5 Å². The number of hydrogen-bond acceptors (Lipinski definition) is 3. The van der Waals surface area contributed by atoms with Gasteiger partial charge in [0, 0.05) is 6.42 Å². The highest BCUT2D eigenvalue weighted by Gasteiger charge is 2.40. The normalized spacial score (nSPS) is 33.7. The molecule has 0 heterocycles. The molecule has 0 radical (unpaired) electrons. The minimum atomic E-state index is -0.343. The highest BCUT2D eigenvalue weighted by molar-refractivity contribution is 5.79. The van der Waals surface area contributed by atoms with E-state index in [0.717, 1.165) is 19.3 Å². The molecule has 3 atom stereocenters. The molecule has 94 valence electrons. The lowest BCUT2D eigenvalue weighted by molar-refractivity contribution is -0.122. The van der Waals surface area contributed by atoms with Crippen LogP contribution in [-0.2, 0) is 4.79 Å². The fourth-order valence-electron chi connectivity index (χ4n) is 3.28. The monoisotopic (exact) mass is 228 g/mol. The van der Waals surface area contributed by atoms with Gasteiger partial charge in [0.05, 0.1) is 6.10 Å². The van der Waals surface area contributed by atoms with Crippen LogP contribution in [0, 0.1) is 17.3 Å². The van der Waals surface area contributed by atoms with Gasteiger partial charge in [-0.1, -0.05) is 20.8 Å². The second-order valence-electron chi connectivity index (χ2n) is 5.90. The van der Waals surface area contributed by atoms with E-state index < -0.39 is 0 Å². The quantitative estimate of drug-likeness (QED) is 0.771. The van der Waals surface area contributed by atoms with Crippen LogP contribution in [0.3, 0.4) is 0 Å². The third kappa shape index (κ3) is 3.29. The Morgan fingerprint density at radius 2 is 2.06 bits per heavy atom. The average molecular weight is 228 g/mol. The summed E-state index contributed by atoms with van der Waals surface area (Å²) in [6, 6.07) is 0. The summed E-state index contributed by atoms with van der Waals surface area (Å²) >= 11 is 0. The van der Waals surface area contributed by atoms with Crippen LogP contribution in [0.25, 0.3) is 0 Å². The molecular weight excluding hydrogens is 204 g/mol. The summed E-state index contributed by atoms with van der Waals surface area (Å²) in [7, 11) is 0. The standard InChI is InChI=1S/C13H24O3/c1-9-6-11(16)7-13(2,3)12(9)5-4-10(15)8-14/h9,11-12,14,16H,4-8H2,1-3H3/t9-,11+,12+/m1/s1. The summed E-state index contributed by atoms with van der Waals surface area (Å²) in [5.41, 5.74) is 0.0901. The van der Waals surface area contributed by atoms with Crippen LogP contribution in [0.15, 0.2) is 0 Å². The van der Waals surface area contributed by atoms with Gasteiger partial charge >= 0.3 is 0 Å². The fraction of sp³-hybridized carbons (Fsp3) is 0.923. The molecule has 3 nitrogen and oxygen atoms in total. The van der Waals surface area contributed by atoms with Crippen molar-refractivity contribution in [3.8, 4) is 0 Å². The van der Waals surface area contributed by atoms with E-state index in [1.54, 1.807) is 0 Å². The van der Waals surface area contributed by atoms with Gasteiger partial charge in [-0.25, -0.2) is 0 Å². The second kappa shape index (κ2) is 5.28.